The van der Waals surface area contributed by atoms with Gasteiger partial charge in [-0.15, -0.1) is 12.4 Å². The maximum absolute atomic E-state index is 12.2. The monoisotopic (exact) mass is 335 g/mol. The van der Waals surface area contributed by atoms with E-state index in [1.54, 1.807) is 6.07 Å². The Morgan fingerprint density at radius 3 is 2.96 bits per heavy atom. The number of hydrogen-bond acceptors (Lipinski definition) is 4. The lowest BCUT2D eigenvalue weighted by Gasteiger charge is -2.26. The van der Waals surface area contributed by atoms with Crippen molar-refractivity contribution in [3.05, 3.63) is 52.9 Å². The van der Waals surface area contributed by atoms with Crippen LogP contribution in [0.5, 0.6) is 0 Å². The minimum atomic E-state index is -0.218. The van der Waals surface area contributed by atoms with Crippen LogP contribution in [-0.4, -0.2) is 24.2 Å². The highest BCUT2D eigenvalue weighted by Crippen LogP contribution is 2.22. The van der Waals surface area contributed by atoms with Gasteiger partial charge in [0, 0.05) is 18.7 Å². The number of fused-ring (bicyclic) bond motifs is 1. The highest BCUT2D eigenvalue weighted by molar-refractivity contribution is 5.91. The number of hydrogen-bond donors (Lipinski definition) is 2. The average Bonchev–Trinajstić information content (AvgIpc) is 3.03. The Bertz CT molecular complexity index is 669. The number of nitrogens with one attached hydrogen (secondary N) is 2. The molecule has 6 heteroatoms. The van der Waals surface area contributed by atoms with E-state index in [2.05, 4.69) is 34.0 Å². The molecule has 0 fully saturated rings. The molecule has 0 spiro atoms. The lowest BCUT2D eigenvalue weighted by molar-refractivity contribution is 0.0912. The summed E-state index contributed by atoms with van der Waals surface area (Å²) in [5, 5.41) is 10.3. The number of amides is 1. The van der Waals surface area contributed by atoms with Gasteiger partial charge in [0.05, 0.1) is 5.69 Å². The van der Waals surface area contributed by atoms with Crippen LogP contribution in [0.2, 0.25) is 0 Å². The van der Waals surface area contributed by atoms with Crippen molar-refractivity contribution < 1.29 is 9.32 Å². The third-order valence-electron chi connectivity index (χ3n) is 4.03. The smallest absolute Gasteiger partial charge is 0.289 e. The van der Waals surface area contributed by atoms with Gasteiger partial charge in [0.2, 0.25) is 5.76 Å². The van der Waals surface area contributed by atoms with Gasteiger partial charge in [-0.3, -0.25) is 4.79 Å². The third kappa shape index (κ3) is 3.92. The Morgan fingerprint density at radius 2 is 2.22 bits per heavy atom. The summed E-state index contributed by atoms with van der Waals surface area (Å²) >= 11 is 0. The first-order valence-electron chi connectivity index (χ1n) is 7.71. The van der Waals surface area contributed by atoms with E-state index in [9.17, 15) is 4.79 Å². The van der Waals surface area contributed by atoms with Crippen LogP contribution in [0.25, 0.3) is 0 Å². The number of rotatable bonds is 4. The molecule has 1 unspecified atom stereocenters. The normalized spacial score (nSPS) is 16.6. The maximum atomic E-state index is 12.2. The summed E-state index contributed by atoms with van der Waals surface area (Å²) in [5.74, 6) is 0.300. The molecule has 0 aliphatic carbocycles. The van der Waals surface area contributed by atoms with Crippen LogP contribution in [0, 0.1) is 0 Å². The molecule has 124 valence electrons. The molecule has 23 heavy (non-hydrogen) atoms. The second-order valence-corrected chi connectivity index (χ2v) is 5.94. The second kappa shape index (κ2) is 7.62. The number of nitrogens with zero attached hydrogens (tertiary/aromatic N) is 1. The third-order valence-corrected chi connectivity index (χ3v) is 4.03. The molecule has 0 saturated heterocycles. The van der Waals surface area contributed by atoms with E-state index in [1.807, 2.05) is 19.9 Å². The van der Waals surface area contributed by atoms with E-state index in [-0.39, 0.29) is 36.0 Å². The molecule has 1 aliphatic heterocycles. The highest BCUT2D eigenvalue weighted by Gasteiger charge is 2.21. The fourth-order valence-electron chi connectivity index (χ4n) is 2.72. The van der Waals surface area contributed by atoms with Crippen molar-refractivity contribution >= 4 is 18.3 Å². The second-order valence-electron chi connectivity index (χ2n) is 5.94. The van der Waals surface area contributed by atoms with E-state index in [1.165, 1.54) is 11.1 Å². The molecule has 1 atom stereocenters. The predicted molar refractivity (Wildman–Crippen MR) is 91.1 cm³/mol. The Hall–Kier alpha value is -1.85. The lowest BCUT2D eigenvalue weighted by atomic mass is 9.94. The van der Waals surface area contributed by atoms with Crippen LogP contribution >= 0.6 is 12.4 Å². The topological polar surface area (TPSA) is 67.2 Å². The van der Waals surface area contributed by atoms with E-state index < -0.39 is 0 Å². The Labute approximate surface area is 142 Å². The molecule has 1 amide bonds. The van der Waals surface area contributed by atoms with Gasteiger partial charge in [-0.25, -0.2) is 0 Å². The molecule has 0 bridgehead atoms. The number of aromatic nitrogens is 1. The molecule has 1 aliphatic rings. The Kier molecular flexibility index (Phi) is 5.80. The van der Waals surface area contributed by atoms with Gasteiger partial charge in [0.25, 0.3) is 5.91 Å². The van der Waals surface area contributed by atoms with Crippen LogP contribution in [0.1, 0.15) is 53.2 Å². The van der Waals surface area contributed by atoms with Gasteiger partial charge in [-0.05, 0) is 30.0 Å². The summed E-state index contributed by atoms with van der Waals surface area (Å²) in [5.41, 5.74) is 3.41. The lowest BCUT2D eigenvalue weighted by Crippen LogP contribution is -2.38. The molecule has 1 aromatic carbocycles. The largest absolute Gasteiger partial charge is 0.351 e. The molecule has 3 rings (SSSR count). The molecular weight excluding hydrogens is 314 g/mol. The number of carbonyl (C=O) groups excluding carboxylic acids is 1. The first-order valence-corrected chi connectivity index (χ1v) is 7.71. The Morgan fingerprint density at radius 1 is 1.43 bits per heavy atom. The molecular formula is C17H22ClN3O2. The molecule has 2 aromatic rings. The average molecular weight is 336 g/mol. The standard InChI is InChI=1S/C17H21N3O2.ClH/c1-11(2)14-9-16(22-20-14)17(21)19-10-15-13-6-4-3-5-12(13)7-8-18-15;/h3-6,9,11,15,18H,7-8,10H2,1-2H3,(H,19,21);1H. The van der Waals surface area contributed by atoms with Gasteiger partial charge in [-0.1, -0.05) is 43.3 Å². The van der Waals surface area contributed by atoms with E-state index in [0.717, 1.165) is 18.7 Å². The van der Waals surface area contributed by atoms with Gasteiger partial charge in [0.15, 0.2) is 0 Å². The number of carbonyl (C=O) groups is 1. The fourth-order valence-corrected chi connectivity index (χ4v) is 2.72. The van der Waals surface area contributed by atoms with E-state index in [4.69, 9.17) is 4.52 Å². The van der Waals surface area contributed by atoms with Crippen LogP contribution in [0.3, 0.4) is 0 Å². The number of halogens is 1. The number of benzene rings is 1. The maximum Gasteiger partial charge on any atom is 0.289 e. The first kappa shape index (κ1) is 17.5. The van der Waals surface area contributed by atoms with Crippen LogP contribution in [0.4, 0.5) is 0 Å². The van der Waals surface area contributed by atoms with Gasteiger partial charge >= 0.3 is 0 Å². The summed E-state index contributed by atoms with van der Waals surface area (Å²) in [6.45, 7) is 5.50. The zero-order valence-electron chi connectivity index (χ0n) is 13.3. The van der Waals surface area contributed by atoms with Gasteiger partial charge in [0.1, 0.15) is 0 Å². The predicted octanol–water partition coefficient (Wildman–Crippen LogP) is 2.84. The van der Waals surface area contributed by atoms with Gasteiger partial charge < -0.3 is 15.2 Å². The minimum Gasteiger partial charge on any atom is -0.351 e. The Balaban J connectivity index is 0.00000192. The highest BCUT2D eigenvalue weighted by atomic mass is 35.5. The summed E-state index contributed by atoms with van der Waals surface area (Å²) < 4.78 is 5.11. The summed E-state index contributed by atoms with van der Waals surface area (Å²) in [7, 11) is 0. The zero-order chi connectivity index (χ0) is 15.5. The van der Waals surface area contributed by atoms with Crippen LogP contribution < -0.4 is 10.6 Å². The minimum absolute atomic E-state index is 0. The van der Waals surface area contributed by atoms with Crippen LogP contribution in [-0.2, 0) is 6.42 Å². The van der Waals surface area contributed by atoms with Crippen molar-refractivity contribution in [2.75, 3.05) is 13.1 Å². The molecule has 5 nitrogen and oxygen atoms in total. The van der Waals surface area contributed by atoms with Crippen molar-refractivity contribution in [1.29, 1.82) is 0 Å². The van der Waals surface area contributed by atoms with E-state index >= 15 is 0 Å². The molecule has 0 saturated carbocycles. The van der Waals surface area contributed by atoms with Crippen molar-refractivity contribution in [1.82, 2.24) is 15.8 Å². The summed E-state index contributed by atoms with van der Waals surface area (Å²) in [4.78, 5) is 12.2. The summed E-state index contributed by atoms with van der Waals surface area (Å²) in [6, 6.07) is 10.2. The molecule has 0 radical (unpaired) electrons. The van der Waals surface area contributed by atoms with Crippen molar-refractivity contribution in [3.8, 4) is 0 Å². The molecule has 2 heterocycles. The quantitative estimate of drug-likeness (QED) is 0.901. The van der Waals surface area contributed by atoms with Crippen molar-refractivity contribution in [2.24, 2.45) is 0 Å². The SMILES string of the molecule is CC(C)c1cc(C(=O)NCC2NCCc3ccccc32)on1.Cl. The van der Waals surface area contributed by atoms with Crippen molar-refractivity contribution in [2.45, 2.75) is 32.2 Å². The van der Waals surface area contributed by atoms with Crippen LogP contribution in [0.15, 0.2) is 34.9 Å². The first-order chi connectivity index (χ1) is 10.6. The van der Waals surface area contributed by atoms with E-state index in [0.29, 0.717) is 6.54 Å². The molecule has 1 aromatic heterocycles. The van der Waals surface area contributed by atoms with Crippen molar-refractivity contribution in [3.63, 3.8) is 0 Å². The zero-order valence-corrected chi connectivity index (χ0v) is 14.2. The fraction of sp³-hybridized carbons (Fsp3) is 0.412. The molecule has 2 N–H and O–H groups in total. The summed E-state index contributed by atoms with van der Waals surface area (Å²) in [6.07, 6.45) is 1.03. The van der Waals surface area contributed by atoms with Gasteiger partial charge in [-0.2, -0.15) is 0 Å².